The normalized spacial score (nSPS) is 11.4. The van der Waals surface area contributed by atoms with Crippen molar-refractivity contribution in [3.05, 3.63) is 59.2 Å². The van der Waals surface area contributed by atoms with Crippen LogP contribution in [0.1, 0.15) is 23.6 Å². The number of amides is 1. The van der Waals surface area contributed by atoms with Gasteiger partial charge in [-0.1, -0.05) is 12.1 Å². The topological polar surface area (TPSA) is 64.9 Å². The van der Waals surface area contributed by atoms with Crippen molar-refractivity contribution in [1.29, 1.82) is 5.26 Å². The van der Waals surface area contributed by atoms with E-state index in [1.54, 1.807) is 31.2 Å². The number of carbonyl (C=O) groups is 1. The van der Waals surface area contributed by atoms with Gasteiger partial charge in [-0.2, -0.15) is 5.26 Å². The fourth-order valence-electron chi connectivity index (χ4n) is 2.29. The molecule has 0 bridgehead atoms. The van der Waals surface area contributed by atoms with Gasteiger partial charge in [0.25, 0.3) is 0 Å². The van der Waals surface area contributed by atoms with Gasteiger partial charge in [0.1, 0.15) is 6.04 Å². The molecule has 2 rings (SSSR count). The van der Waals surface area contributed by atoms with Gasteiger partial charge in [-0.05, 0) is 62.2 Å². The lowest BCUT2D eigenvalue weighted by Gasteiger charge is -2.16. The van der Waals surface area contributed by atoms with Gasteiger partial charge in [-0.15, -0.1) is 0 Å². The quantitative estimate of drug-likeness (QED) is 0.905. The molecule has 0 aliphatic carbocycles. The Bertz CT molecular complexity index is 711. The number of nitrogens with zero attached hydrogens (tertiary/aromatic N) is 1. The van der Waals surface area contributed by atoms with Crippen molar-refractivity contribution in [3.63, 3.8) is 0 Å². The minimum Gasteiger partial charge on any atom is -0.374 e. The summed E-state index contributed by atoms with van der Waals surface area (Å²) in [6, 6.07) is 14.6. The minimum atomic E-state index is -0.382. The number of hydrogen-bond acceptors (Lipinski definition) is 3. The third-order valence-corrected chi connectivity index (χ3v) is 3.26. The number of anilines is 2. The lowest BCUT2D eigenvalue weighted by molar-refractivity contribution is -0.116. The van der Waals surface area contributed by atoms with Crippen molar-refractivity contribution in [2.75, 3.05) is 10.6 Å². The molecular formula is C18H19N3O. The Balaban J connectivity index is 2.04. The zero-order chi connectivity index (χ0) is 16.1. The molecule has 2 N–H and O–H groups in total. The van der Waals surface area contributed by atoms with Crippen LogP contribution in [0.25, 0.3) is 0 Å². The lowest BCUT2D eigenvalue weighted by atomic mass is 10.1. The molecule has 0 unspecified atom stereocenters. The molecule has 0 aromatic heterocycles. The Morgan fingerprint density at radius 3 is 2.41 bits per heavy atom. The Labute approximate surface area is 130 Å². The molecular weight excluding hydrogens is 274 g/mol. The summed E-state index contributed by atoms with van der Waals surface area (Å²) in [6.07, 6.45) is 0. The maximum atomic E-state index is 12.2. The molecule has 0 heterocycles. The average Bonchev–Trinajstić information content (AvgIpc) is 2.46. The molecule has 2 aromatic carbocycles. The predicted molar refractivity (Wildman–Crippen MR) is 88.8 cm³/mol. The van der Waals surface area contributed by atoms with Crippen LogP contribution in [0.3, 0.4) is 0 Å². The van der Waals surface area contributed by atoms with E-state index in [9.17, 15) is 4.79 Å². The summed E-state index contributed by atoms with van der Waals surface area (Å²) in [6.45, 7) is 5.85. The second-order valence-electron chi connectivity index (χ2n) is 5.42. The van der Waals surface area contributed by atoms with Crippen molar-refractivity contribution in [2.24, 2.45) is 0 Å². The highest BCUT2D eigenvalue weighted by atomic mass is 16.2. The molecule has 112 valence electrons. The molecule has 0 aliphatic heterocycles. The third kappa shape index (κ3) is 4.10. The number of carbonyl (C=O) groups excluding carboxylic acids is 1. The fraction of sp³-hybridized carbons (Fsp3) is 0.222. The van der Waals surface area contributed by atoms with E-state index in [1.807, 2.05) is 26.0 Å². The van der Waals surface area contributed by atoms with Crippen LogP contribution in [0.15, 0.2) is 42.5 Å². The van der Waals surface area contributed by atoms with E-state index in [4.69, 9.17) is 5.26 Å². The average molecular weight is 293 g/mol. The van der Waals surface area contributed by atoms with Crippen LogP contribution < -0.4 is 10.6 Å². The molecule has 0 aliphatic rings. The SMILES string of the molecule is Cc1cc(C)cc(N[C@H](C)C(=O)Nc2cccc(C#N)c2)c1. The summed E-state index contributed by atoms with van der Waals surface area (Å²) >= 11 is 0. The number of hydrogen-bond donors (Lipinski definition) is 2. The first-order valence-corrected chi connectivity index (χ1v) is 7.14. The maximum absolute atomic E-state index is 12.2. The van der Waals surface area contributed by atoms with Crippen LogP contribution in [0.4, 0.5) is 11.4 Å². The van der Waals surface area contributed by atoms with Crippen LogP contribution in [0.2, 0.25) is 0 Å². The van der Waals surface area contributed by atoms with E-state index in [-0.39, 0.29) is 11.9 Å². The van der Waals surface area contributed by atoms with Crippen LogP contribution in [-0.2, 0) is 4.79 Å². The number of benzene rings is 2. The minimum absolute atomic E-state index is 0.144. The van der Waals surface area contributed by atoms with Crippen LogP contribution in [0, 0.1) is 25.2 Å². The van der Waals surface area contributed by atoms with Crippen LogP contribution >= 0.6 is 0 Å². The molecule has 0 fully saturated rings. The number of nitriles is 1. The molecule has 0 saturated carbocycles. The van der Waals surface area contributed by atoms with Crippen LogP contribution in [-0.4, -0.2) is 11.9 Å². The summed E-state index contributed by atoms with van der Waals surface area (Å²) < 4.78 is 0. The number of nitrogens with one attached hydrogen (secondary N) is 2. The number of rotatable bonds is 4. The zero-order valence-corrected chi connectivity index (χ0v) is 13.0. The van der Waals surface area contributed by atoms with Gasteiger partial charge in [-0.25, -0.2) is 0 Å². The number of aryl methyl sites for hydroxylation is 2. The van der Waals surface area contributed by atoms with Gasteiger partial charge >= 0.3 is 0 Å². The highest BCUT2D eigenvalue weighted by Crippen LogP contribution is 2.16. The molecule has 0 saturated heterocycles. The second kappa shape index (κ2) is 6.77. The highest BCUT2D eigenvalue weighted by Gasteiger charge is 2.13. The first kappa shape index (κ1) is 15.6. The van der Waals surface area contributed by atoms with E-state index in [0.29, 0.717) is 11.3 Å². The van der Waals surface area contributed by atoms with Crippen molar-refractivity contribution in [2.45, 2.75) is 26.8 Å². The molecule has 2 aromatic rings. The molecule has 0 spiro atoms. The van der Waals surface area contributed by atoms with E-state index < -0.39 is 0 Å². The third-order valence-electron chi connectivity index (χ3n) is 3.26. The largest absolute Gasteiger partial charge is 0.374 e. The van der Waals surface area contributed by atoms with Crippen molar-refractivity contribution in [3.8, 4) is 6.07 Å². The summed E-state index contributed by atoms with van der Waals surface area (Å²) in [5.74, 6) is -0.144. The van der Waals surface area contributed by atoms with E-state index in [2.05, 4.69) is 22.8 Å². The first-order valence-electron chi connectivity index (χ1n) is 7.14. The highest BCUT2D eigenvalue weighted by molar-refractivity contribution is 5.96. The van der Waals surface area contributed by atoms with Crippen LogP contribution in [0.5, 0.6) is 0 Å². The Morgan fingerprint density at radius 2 is 1.77 bits per heavy atom. The standard InChI is InChI=1S/C18H19N3O/c1-12-7-13(2)9-17(8-12)20-14(3)18(22)21-16-6-4-5-15(10-16)11-19/h4-10,14,20H,1-3H3,(H,21,22)/t14-/m1/s1. The Kier molecular flexibility index (Phi) is 4.80. The van der Waals surface area contributed by atoms with Gasteiger partial charge in [0.05, 0.1) is 11.6 Å². The summed E-state index contributed by atoms with van der Waals surface area (Å²) in [4.78, 5) is 12.2. The van der Waals surface area contributed by atoms with Crippen molar-refractivity contribution in [1.82, 2.24) is 0 Å². The van der Waals surface area contributed by atoms with Crippen molar-refractivity contribution >= 4 is 17.3 Å². The molecule has 4 heteroatoms. The van der Waals surface area contributed by atoms with Gasteiger partial charge in [-0.3, -0.25) is 4.79 Å². The van der Waals surface area contributed by atoms with Crippen molar-refractivity contribution < 1.29 is 4.79 Å². The van der Waals surface area contributed by atoms with E-state index in [1.165, 1.54) is 0 Å². The fourth-order valence-corrected chi connectivity index (χ4v) is 2.29. The van der Waals surface area contributed by atoms with E-state index in [0.717, 1.165) is 16.8 Å². The summed E-state index contributed by atoms with van der Waals surface area (Å²) in [7, 11) is 0. The Hall–Kier alpha value is -2.80. The maximum Gasteiger partial charge on any atom is 0.246 e. The first-order chi connectivity index (χ1) is 10.5. The summed E-state index contributed by atoms with van der Waals surface area (Å²) in [5.41, 5.74) is 4.37. The van der Waals surface area contributed by atoms with E-state index >= 15 is 0 Å². The molecule has 1 amide bonds. The molecule has 22 heavy (non-hydrogen) atoms. The van der Waals surface area contributed by atoms with Gasteiger partial charge < -0.3 is 10.6 Å². The molecule has 0 radical (unpaired) electrons. The Morgan fingerprint density at radius 1 is 1.09 bits per heavy atom. The lowest BCUT2D eigenvalue weighted by Crippen LogP contribution is -2.31. The molecule has 1 atom stereocenters. The van der Waals surface area contributed by atoms with Gasteiger partial charge in [0.15, 0.2) is 0 Å². The predicted octanol–water partition coefficient (Wildman–Crippen LogP) is 3.61. The monoisotopic (exact) mass is 293 g/mol. The second-order valence-corrected chi connectivity index (χ2v) is 5.42. The molecule has 4 nitrogen and oxygen atoms in total. The van der Waals surface area contributed by atoms with Gasteiger partial charge in [0, 0.05) is 11.4 Å². The smallest absolute Gasteiger partial charge is 0.246 e. The summed E-state index contributed by atoms with van der Waals surface area (Å²) in [5, 5.41) is 14.9. The zero-order valence-electron chi connectivity index (χ0n) is 13.0. The van der Waals surface area contributed by atoms with Gasteiger partial charge in [0.2, 0.25) is 5.91 Å².